The average molecular weight is 349 g/mol. The van der Waals surface area contributed by atoms with E-state index in [-0.39, 0.29) is 24.6 Å². The summed E-state index contributed by atoms with van der Waals surface area (Å²) in [5.74, 6) is 0.759. The number of rotatable bonds is 7. The lowest BCUT2D eigenvalue weighted by Gasteiger charge is -2.31. The van der Waals surface area contributed by atoms with Crippen LogP contribution < -0.4 is 15.4 Å². The summed E-state index contributed by atoms with van der Waals surface area (Å²) in [6, 6.07) is 7.61. The molecule has 0 saturated carbocycles. The summed E-state index contributed by atoms with van der Waals surface area (Å²) in [7, 11) is 0. The maximum absolute atomic E-state index is 12.1. The Morgan fingerprint density at radius 2 is 1.80 bits per heavy atom. The van der Waals surface area contributed by atoms with Gasteiger partial charge in [0.05, 0.1) is 19.8 Å². The SMILES string of the molecule is CCOC(=O)N1CCC(NC(=O)CNc2ccc(OCC)cc2)CC1. The molecule has 1 aliphatic heterocycles. The number of carbonyl (C=O) groups excluding carboxylic acids is 2. The van der Waals surface area contributed by atoms with E-state index in [0.717, 1.165) is 24.3 Å². The second-order valence-corrected chi connectivity index (χ2v) is 5.84. The molecule has 2 rings (SSSR count). The van der Waals surface area contributed by atoms with E-state index in [0.29, 0.717) is 26.3 Å². The van der Waals surface area contributed by atoms with Crippen LogP contribution in [0.15, 0.2) is 24.3 Å². The highest BCUT2D eigenvalue weighted by molar-refractivity contribution is 5.81. The highest BCUT2D eigenvalue weighted by Gasteiger charge is 2.24. The summed E-state index contributed by atoms with van der Waals surface area (Å²) in [6.45, 7) is 6.17. The molecule has 7 heteroatoms. The minimum absolute atomic E-state index is 0.0523. The van der Waals surface area contributed by atoms with Crippen LogP contribution in [0.1, 0.15) is 26.7 Å². The number of benzene rings is 1. The van der Waals surface area contributed by atoms with Gasteiger partial charge in [0.2, 0.25) is 5.91 Å². The van der Waals surface area contributed by atoms with Crippen molar-refractivity contribution in [2.45, 2.75) is 32.7 Å². The van der Waals surface area contributed by atoms with E-state index < -0.39 is 0 Å². The van der Waals surface area contributed by atoms with E-state index in [1.807, 2.05) is 31.2 Å². The lowest BCUT2D eigenvalue weighted by molar-refractivity contribution is -0.120. The molecule has 0 bridgehead atoms. The minimum Gasteiger partial charge on any atom is -0.494 e. The number of ether oxygens (including phenoxy) is 2. The Morgan fingerprint density at radius 1 is 1.12 bits per heavy atom. The lowest BCUT2D eigenvalue weighted by atomic mass is 10.1. The van der Waals surface area contributed by atoms with Crippen LogP contribution in [0.2, 0.25) is 0 Å². The molecule has 0 atom stereocenters. The van der Waals surface area contributed by atoms with Crippen molar-refractivity contribution >= 4 is 17.7 Å². The van der Waals surface area contributed by atoms with E-state index in [4.69, 9.17) is 9.47 Å². The number of nitrogens with one attached hydrogen (secondary N) is 2. The van der Waals surface area contributed by atoms with Crippen LogP contribution in [-0.2, 0) is 9.53 Å². The standard InChI is InChI=1S/C18H27N3O4/c1-3-24-16-7-5-14(6-8-16)19-13-17(22)20-15-9-11-21(12-10-15)18(23)25-4-2/h5-8,15,19H,3-4,9-13H2,1-2H3,(H,20,22). The van der Waals surface area contributed by atoms with Crippen molar-refractivity contribution < 1.29 is 19.1 Å². The van der Waals surface area contributed by atoms with Gasteiger partial charge in [0.25, 0.3) is 0 Å². The van der Waals surface area contributed by atoms with Crippen molar-refractivity contribution in [2.75, 3.05) is 38.2 Å². The Kier molecular flexibility index (Phi) is 7.37. The first kappa shape index (κ1) is 18.9. The van der Waals surface area contributed by atoms with Gasteiger partial charge in [-0.3, -0.25) is 4.79 Å². The van der Waals surface area contributed by atoms with E-state index >= 15 is 0 Å². The van der Waals surface area contributed by atoms with Crippen LogP contribution >= 0.6 is 0 Å². The van der Waals surface area contributed by atoms with Gasteiger partial charge in [-0.25, -0.2) is 4.79 Å². The number of amides is 2. The molecular weight excluding hydrogens is 322 g/mol. The Bertz CT molecular complexity index is 554. The zero-order valence-electron chi connectivity index (χ0n) is 14.9. The van der Waals surface area contributed by atoms with Crippen LogP contribution in [0.25, 0.3) is 0 Å². The fourth-order valence-electron chi connectivity index (χ4n) is 2.72. The molecule has 0 unspecified atom stereocenters. The summed E-state index contributed by atoms with van der Waals surface area (Å²) in [5, 5.41) is 6.10. The minimum atomic E-state index is -0.274. The first-order valence-electron chi connectivity index (χ1n) is 8.80. The van der Waals surface area contributed by atoms with Crippen molar-refractivity contribution in [2.24, 2.45) is 0 Å². The molecule has 2 N–H and O–H groups in total. The van der Waals surface area contributed by atoms with Crippen LogP contribution in [0.4, 0.5) is 10.5 Å². The molecule has 1 aliphatic rings. The molecular formula is C18H27N3O4. The van der Waals surface area contributed by atoms with Crippen LogP contribution in [0.3, 0.4) is 0 Å². The molecule has 0 spiro atoms. The van der Waals surface area contributed by atoms with Crippen molar-refractivity contribution in [3.05, 3.63) is 24.3 Å². The summed E-state index contributed by atoms with van der Waals surface area (Å²) in [5.41, 5.74) is 0.871. The quantitative estimate of drug-likeness (QED) is 0.789. The van der Waals surface area contributed by atoms with Crippen LogP contribution in [-0.4, -0.2) is 55.8 Å². The number of likely N-dealkylation sites (tertiary alicyclic amines) is 1. The molecule has 1 aromatic rings. The van der Waals surface area contributed by atoms with Gasteiger partial charge in [-0.05, 0) is 51.0 Å². The summed E-state index contributed by atoms with van der Waals surface area (Å²) in [4.78, 5) is 25.4. The van der Waals surface area contributed by atoms with Gasteiger partial charge in [-0.1, -0.05) is 0 Å². The van der Waals surface area contributed by atoms with Gasteiger partial charge in [0.1, 0.15) is 5.75 Å². The average Bonchev–Trinajstić information content (AvgIpc) is 2.62. The molecule has 0 radical (unpaired) electrons. The smallest absolute Gasteiger partial charge is 0.409 e. The second-order valence-electron chi connectivity index (χ2n) is 5.84. The third-order valence-electron chi connectivity index (χ3n) is 4.00. The molecule has 138 valence electrons. The van der Waals surface area contributed by atoms with E-state index in [1.54, 1.807) is 11.8 Å². The van der Waals surface area contributed by atoms with Gasteiger partial charge in [-0.2, -0.15) is 0 Å². The Balaban J connectivity index is 1.68. The Labute approximate surface area is 148 Å². The first-order valence-corrected chi connectivity index (χ1v) is 8.80. The van der Waals surface area contributed by atoms with Crippen molar-refractivity contribution in [3.63, 3.8) is 0 Å². The van der Waals surface area contributed by atoms with Crippen LogP contribution in [0.5, 0.6) is 5.75 Å². The predicted molar refractivity (Wildman–Crippen MR) is 95.9 cm³/mol. The lowest BCUT2D eigenvalue weighted by Crippen LogP contribution is -2.47. The maximum atomic E-state index is 12.1. The molecule has 25 heavy (non-hydrogen) atoms. The number of hydrogen-bond acceptors (Lipinski definition) is 5. The normalized spacial score (nSPS) is 14.7. The van der Waals surface area contributed by atoms with Crippen LogP contribution in [0, 0.1) is 0 Å². The van der Waals surface area contributed by atoms with E-state index in [9.17, 15) is 9.59 Å². The summed E-state index contributed by atoms with van der Waals surface area (Å²) < 4.78 is 10.4. The highest BCUT2D eigenvalue weighted by Crippen LogP contribution is 2.15. The number of piperidine rings is 1. The fourth-order valence-corrected chi connectivity index (χ4v) is 2.72. The fraction of sp³-hybridized carbons (Fsp3) is 0.556. The Hall–Kier alpha value is -2.44. The van der Waals surface area contributed by atoms with E-state index in [2.05, 4.69) is 10.6 Å². The number of nitrogens with zero attached hydrogens (tertiary/aromatic N) is 1. The number of hydrogen-bond donors (Lipinski definition) is 2. The largest absolute Gasteiger partial charge is 0.494 e. The van der Waals surface area contributed by atoms with Crippen molar-refractivity contribution in [3.8, 4) is 5.75 Å². The summed E-state index contributed by atoms with van der Waals surface area (Å²) in [6.07, 6.45) is 1.21. The van der Waals surface area contributed by atoms with Gasteiger partial charge >= 0.3 is 6.09 Å². The Morgan fingerprint density at radius 3 is 2.40 bits per heavy atom. The molecule has 2 amide bonds. The zero-order valence-corrected chi connectivity index (χ0v) is 14.9. The second kappa shape index (κ2) is 9.76. The third kappa shape index (κ3) is 6.17. The van der Waals surface area contributed by atoms with Gasteiger partial charge in [0, 0.05) is 24.8 Å². The molecule has 0 aliphatic carbocycles. The summed E-state index contributed by atoms with van der Waals surface area (Å²) >= 11 is 0. The number of carbonyl (C=O) groups is 2. The maximum Gasteiger partial charge on any atom is 0.409 e. The van der Waals surface area contributed by atoms with Crippen molar-refractivity contribution in [1.82, 2.24) is 10.2 Å². The number of anilines is 1. The highest BCUT2D eigenvalue weighted by atomic mass is 16.6. The van der Waals surface area contributed by atoms with E-state index in [1.165, 1.54) is 0 Å². The molecule has 1 saturated heterocycles. The van der Waals surface area contributed by atoms with Gasteiger partial charge in [0.15, 0.2) is 0 Å². The first-order chi connectivity index (χ1) is 12.1. The third-order valence-corrected chi connectivity index (χ3v) is 4.00. The predicted octanol–water partition coefficient (Wildman–Crippen LogP) is 2.23. The molecule has 0 aromatic heterocycles. The monoisotopic (exact) mass is 349 g/mol. The molecule has 1 aromatic carbocycles. The van der Waals surface area contributed by atoms with Crippen molar-refractivity contribution in [1.29, 1.82) is 0 Å². The molecule has 7 nitrogen and oxygen atoms in total. The van der Waals surface area contributed by atoms with Gasteiger partial charge < -0.3 is 25.0 Å². The topological polar surface area (TPSA) is 79.9 Å². The molecule has 1 fully saturated rings. The van der Waals surface area contributed by atoms with Gasteiger partial charge in [-0.15, -0.1) is 0 Å². The molecule has 1 heterocycles. The zero-order chi connectivity index (χ0) is 18.1.